The standard InChI is InChI=1S/C12H16N6OS/c1-16-8-9(13)10(15-16)11(19)17-3-5-18(6-4-17)12-14-2-7-20-12/h2,7-8H,3-6,13H2,1H3. The molecule has 0 unspecified atom stereocenters. The van der Waals surface area contributed by atoms with Gasteiger partial charge in [0.25, 0.3) is 5.91 Å². The lowest BCUT2D eigenvalue weighted by Gasteiger charge is -2.34. The zero-order chi connectivity index (χ0) is 14.1. The molecule has 0 radical (unpaired) electrons. The Labute approximate surface area is 120 Å². The van der Waals surface area contributed by atoms with Gasteiger partial charge in [0.05, 0.1) is 5.69 Å². The first-order valence-corrected chi connectivity index (χ1v) is 7.26. The summed E-state index contributed by atoms with van der Waals surface area (Å²) >= 11 is 1.62. The molecular formula is C12H16N6OS. The first-order chi connectivity index (χ1) is 9.65. The average Bonchev–Trinajstić information content (AvgIpc) is 3.08. The summed E-state index contributed by atoms with van der Waals surface area (Å²) in [6, 6.07) is 0. The van der Waals surface area contributed by atoms with E-state index in [9.17, 15) is 4.79 Å². The molecule has 7 nitrogen and oxygen atoms in total. The molecule has 3 heterocycles. The fourth-order valence-corrected chi connectivity index (χ4v) is 2.99. The van der Waals surface area contributed by atoms with E-state index in [2.05, 4.69) is 15.0 Å². The molecule has 0 bridgehead atoms. The van der Waals surface area contributed by atoms with Gasteiger partial charge in [0.1, 0.15) is 0 Å². The number of rotatable bonds is 2. The van der Waals surface area contributed by atoms with Gasteiger partial charge in [0.2, 0.25) is 0 Å². The average molecular weight is 292 g/mol. The van der Waals surface area contributed by atoms with Gasteiger partial charge in [-0.1, -0.05) is 0 Å². The number of carbonyl (C=O) groups is 1. The van der Waals surface area contributed by atoms with Crippen LogP contribution in [0.15, 0.2) is 17.8 Å². The monoisotopic (exact) mass is 292 g/mol. The second kappa shape index (κ2) is 5.12. The van der Waals surface area contributed by atoms with E-state index in [4.69, 9.17) is 5.73 Å². The van der Waals surface area contributed by atoms with Crippen LogP contribution in [-0.2, 0) is 7.05 Å². The molecule has 106 valence electrons. The van der Waals surface area contributed by atoms with Gasteiger partial charge in [-0.2, -0.15) is 5.10 Å². The van der Waals surface area contributed by atoms with Gasteiger partial charge in [-0.25, -0.2) is 4.98 Å². The molecule has 1 amide bonds. The summed E-state index contributed by atoms with van der Waals surface area (Å²) in [6.45, 7) is 2.89. The maximum absolute atomic E-state index is 12.4. The maximum atomic E-state index is 12.4. The van der Waals surface area contributed by atoms with Crippen LogP contribution in [0.3, 0.4) is 0 Å². The number of aromatic nitrogens is 3. The van der Waals surface area contributed by atoms with Crippen molar-refractivity contribution in [3.8, 4) is 0 Å². The molecular weight excluding hydrogens is 276 g/mol. The second-order valence-electron chi connectivity index (χ2n) is 4.70. The fourth-order valence-electron chi connectivity index (χ4n) is 2.30. The van der Waals surface area contributed by atoms with Gasteiger partial charge < -0.3 is 15.5 Å². The molecule has 1 fully saturated rings. The Morgan fingerprint density at radius 1 is 1.35 bits per heavy atom. The summed E-state index contributed by atoms with van der Waals surface area (Å²) in [6.07, 6.45) is 3.45. The summed E-state index contributed by atoms with van der Waals surface area (Å²) in [5.74, 6) is -0.0955. The summed E-state index contributed by atoms with van der Waals surface area (Å²) in [5, 5.41) is 7.10. The summed E-state index contributed by atoms with van der Waals surface area (Å²) < 4.78 is 1.56. The van der Waals surface area contributed by atoms with Crippen LogP contribution >= 0.6 is 11.3 Å². The third-order valence-corrected chi connectivity index (χ3v) is 4.15. The molecule has 3 rings (SSSR count). The zero-order valence-corrected chi connectivity index (χ0v) is 12.0. The third-order valence-electron chi connectivity index (χ3n) is 3.32. The number of aryl methyl sites for hydroxylation is 1. The van der Waals surface area contributed by atoms with Crippen LogP contribution in [0, 0.1) is 0 Å². The number of thiazole rings is 1. The van der Waals surface area contributed by atoms with E-state index >= 15 is 0 Å². The molecule has 0 aliphatic carbocycles. The SMILES string of the molecule is Cn1cc(N)c(C(=O)N2CCN(c3nccs3)CC2)n1. The van der Waals surface area contributed by atoms with Crippen molar-refractivity contribution in [2.45, 2.75) is 0 Å². The molecule has 2 aromatic rings. The lowest BCUT2D eigenvalue weighted by atomic mass is 10.2. The molecule has 1 aliphatic rings. The Morgan fingerprint density at radius 2 is 2.10 bits per heavy atom. The topological polar surface area (TPSA) is 80.3 Å². The van der Waals surface area contributed by atoms with E-state index in [0.29, 0.717) is 24.5 Å². The van der Waals surface area contributed by atoms with Crippen molar-refractivity contribution in [1.29, 1.82) is 0 Å². The number of piperazine rings is 1. The van der Waals surface area contributed by atoms with Gasteiger partial charge >= 0.3 is 0 Å². The van der Waals surface area contributed by atoms with E-state index in [1.54, 1.807) is 40.4 Å². The molecule has 0 spiro atoms. The van der Waals surface area contributed by atoms with Crippen molar-refractivity contribution in [2.75, 3.05) is 36.8 Å². The van der Waals surface area contributed by atoms with Crippen molar-refractivity contribution in [3.05, 3.63) is 23.5 Å². The number of amides is 1. The Bertz CT molecular complexity index is 600. The van der Waals surface area contributed by atoms with Gasteiger partial charge in [0, 0.05) is 51.0 Å². The van der Waals surface area contributed by atoms with Crippen LogP contribution in [0.2, 0.25) is 0 Å². The van der Waals surface area contributed by atoms with E-state index in [-0.39, 0.29) is 5.91 Å². The molecule has 2 N–H and O–H groups in total. The predicted molar refractivity (Wildman–Crippen MR) is 77.9 cm³/mol. The molecule has 1 saturated heterocycles. The minimum atomic E-state index is -0.0955. The molecule has 8 heteroatoms. The van der Waals surface area contributed by atoms with Gasteiger partial charge in [0.15, 0.2) is 10.8 Å². The summed E-state index contributed by atoms with van der Waals surface area (Å²) in [7, 11) is 1.76. The van der Waals surface area contributed by atoms with Crippen molar-refractivity contribution in [1.82, 2.24) is 19.7 Å². The highest BCUT2D eigenvalue weighted by Crippen LogP contribution is 2.20. The van der Waals surface area contributed by atoms with E-state index in [0.717, 1.165) is 18.2 Å². The summed E-state index contributed by atoms with van der Waals surface area (Å²) in [4.78, 5) is 20.6. The smallest absolute Gasteiger partial charge is 0.276 e. The molecule has 0 aromatic carbocycles. The number of nitrogens with zero attached hydrogens (tertiary/aromatic N) is 5. The van der Waals surface area contributed by atoms with Crippen molar-refractivity contribution in [3.63, 3.8) is 0 Å². The Kier molecular flexibility index (Phi) is 3.31. The first kappa shape index (κ1) is 12.9. The van der Waals surface area contributed by atoms with Crippen molar-refractivity contribution in [2.24, 2.45) is 7.05 Å². The van der Waals surface area contributed by atoms with Crippen molar-refractivity contribution < 1.29 is 4.79 Å². The highest BCUT2D eigenvalue weighted by Gasteiger charge is 2.26. The van der Waals surface area contributed by atoms with Crippen LogP contribution in [0.4, 0.5) is 10.8 Å². The fraction of sp³-hybridized carbons (Fsp3) is 0.417. The van der Waals surface area contributed by atoms with Crippen LogP contribution in [0.1, 0.15) is 10.5 Å². The number of nitrogens with two attached hydrogens (primary N) is 1. The highest BCUT2D eigenvalue weighted by molar-refractivity contribution is 7.13. The zero-order valence-electron chi connectivity index (χ0n) is 11.2. The molecule has 0 saturated carbocycles. The Hall–Kier alpha value is -2.09. The molecule has 20 heavy (non-hydrogen) atoms. The lowest BCUT2D eigenvalue weighted by molar-refractivity contribution is 0.0741. The number of carbonyl (C=O) groups excluding carboxylic acids is 1. The maximum Gasteiger partial charge on any atom is 0.276 e. The third kappa shape index (κ3) is 2.34. The number of anilines is 2. The molecule has 1 aliphatic heterocycles. The first-order valence-electron chi connectivity index (χ1n) is 6.38. The summed E-state index contributed by atoms with van der Waals surface area (Å²) in [5.41, 5.74) is 6.58. The second-order valence-corrected chi connectivity index (χ2v) is 5.57. The molecule has 2 aromatic heterocycles. The van der Waals surface area contributed by atoms with Gasteiger partial charge in [-0.05, 0) is 0 Å². The van der Waals surface area contributed by atoms with Crippen LogP contribution < -0.4 is 10.6 Å². The normalized spacial score (nSPS) is 15.7. The van der Waals surface area contributed by atoms with Gasteiger partial charge in [-0.3, -0.25) is 9.48 Å². The minimum absolute atomic E-state index is 0.0955. The van der Waals surface area contributed by atoms with Gasteiger partial charge in [-0.15, -0.1) is 11.3 Å². The minimum Gasteiger partial charge on any atom is -0.396 e. The Balaban J connectivity index is 1.66. The van der Waals surface area contributed by atoms with E-state index in [1.165, 1.54) is 0 Å². The van der Waals surface area contributed by atoms with Crippen LogP contribution in [0.25, 0.3) is 0 Å². The number of nitrogen functional groups attached to an aromatic ring is 1. The predicted octanol–water partition coefficient (Wildman–Crippen LogP) is 0.421. The largest absolute Gasteiger partial charge is 0.396 e. The highest BCUT2D eigenvalue weighted by atomic mass is 32.1. The van der Waals surface area contributed by atoms with E-state index < -0.39 is 0 Å². The quantitative estimate of drug-likeness (QED) is 0.868. The number of hydrogen-bond donors (Lipinski definition) is 1. The van der Waals surface area contributed by atoms with Crippen LogP contribution in [0.5, 0.6) is 0 Å². The van der Waals surface area contributed by atoms with Crippen molar-refractivity contribution >= 4 is 28.1 Å². The van der Waals surface area contributed by atoms with Crippen LogP contribution in [-0.4, -0.2) is 51.8 Å². The lowest BCUT2D eigenvalue weighted by Crippen LogP contribution is -2.49. The Morgan fingerprint density at radius 3 is 2.65 bits per heavy atom. The molecule has 0 atom stereocenters. The van der Waals surface area contributed by atoms with E-state index in [1.807, 2.05) is 5.38 Å². The number of hydrogen-bond acceptors (Lipinski definition) is 6.